The molecule has 2 N–H and O–H groups in total. The fourth-order valence-corrected chi connectivity index (χ4v) is 2.77. The second-order valence-corrected chi connectivity index (χ2v) is 5.00. The van der Waals surface area contributed by atoms with Crippen molar-refractivity contribution < 1.29 is 9.84 Å². The number of para-hydroxylation sites is 1. The number of fused-ring (bicyclic) bond motifs is 1. The second kappa shape index (κ2) is 4.00. The van der Waals surface area contributed by atoms with Gasteiger partial charge in [0, 0.05) is 10.6 Å². The zero-order chi connectivity index (χ0) is 11.8. The molecular weight excluding hydrogens is 236 g/mol. The minimum Gasteiger partial charge on any atom is -0.492 e. The minimum absolute atomic E-state index is 0.0486. The second-order valence-electron chi connectivity index (χ2n) is 3.93. The van der Waals surface area contributed by atoms with Gasteiger partial charge in [0.05, 0.1) is 5.69 Å². The van der Waals surface area contributed by atoms with Crippen molar-refractivity contribution in [2.45, 2.75) is 17.9 Å². The Kier molecular flexibility index (Phi) is 2.48. The summed E-state index contributed by atoms with van der Waals surface area (Å²) < 4.78 is 5.86. The summed E-state index contributed by atoms with van der Waals surface area (Å²) in [7, 11) is 0. The number of benzene rings is 1. The molecule has 1 aromatic carbocycles. The average molecular weight is 248 g/mol. The van der Waals surface area contributed by atoms with Gasteiger partial charge in [0.15, 0.2) is 11.9 Å². The van der Waals surface area contributed by atoms with E-state index in [9.17, 15) is 5.11 Å². The number of aryl methyl sites for hydroxylation is 1. The van der Waals surface area contributed by atoms with Crippen molar-refractivity contribution in [1.82, 2.24) is 9.97 Å². The first-order valence-corrected chi connectivity index (χ1v) is 6.36. The van der Waals surface area contributed by atoms with Gasteiger partial charge in [-0.1, -0.05) is 12.1 Å². The molecule has 3 rings (SSSR count). The topological polar surface area (TPSA) is 58.1 Å². The number of hydrogen-bond acceptors (Lipinski definition) is 4. The Morgan fingerprint density at radius 2 is 2.29 bits per heavy atom. The zero-order valence-corrected chi connectivity index (χ0v) is 10.1. The molecule has 1 aliphatic rings. The molecule has 1 aromatic heterocycles. The van der Waals surface area contributed by atoms with Gasteiger partial charge in [0.25, 0.3) is 0 Å². The Morgan fingerprint density at radius 3 is 3.06 bits per heavy atom. The van der Waals surface area contributed by atoms with Gasteiger partial charge in [-0.2, -0.15) is 4.98 Å². The van der Waals surface area contributed by atoms with Gasteiger partial charge in [-0.3, -0.25) is 0 Å². The highest BCUT2D eigenvalue weighted by Gasteiger charge is 2.24. The predicted octanol–water partition coefficient (Wildman–Crippen LogP) is 2.65. The summed E-state index contributed by atoms with van der Waals surface area (Å²) in [5.74, 6) is 2.40. The summed E-state index contributed by atoms with van der Waals surface area (Å²) in [5, 5.41) is 9.46. The van der Waals surface area contributed by atoms with Gasteiger partial charge in [-0.25, -0.2) is 0 Å². The number of rotatable bonds is 1. The van der Waals surface area contributed by atoms with Crippen molar-refractivity contribution in [3.05, 3.63) is 35.8 Å². The van der Waals surface area contributed by atoms with Crippen molar-refractivity contribution in [3.8, 4) is 11.6 Å². The third kappa shape index (κ3) is 1.86. The largest absolute Gasteiger partial charge is 0.492 e. The number of aromatic nitrogens is 2. The molecule has 1 unspecified atom stereocenters. The number of nitrogens with zero attached hydrogens (tertiary/aromatic N) is 1. The van der Waals surface area contributed by atoms with Crippen LogP contribution in [0.5, 0.6) is 11.6 Å². The number of thioether (sulfide) groups is 1. The standard InChI is InChI=1S/C12H12N2O2S/c1-7-12(15)14-11(13-7)9-6-17-10-5-3-2-4-8(10)16-9/h2-5,9,15H,6H2,1H3,(H,13,14). The summed E-state index contributed by atoms with van der Waals surface area (Å²) in [5.41, 5.74) is 0.674. The van der Waals surface area contributed by atoms with Crippen molar-refractivity contribution in [3.63, 3.8) is 0 Å². The highest BCUT2D eigenvalue weighted by molar-refractivity contribution is 7.99. The zero-order valence-electron chi connectivity index (χ0n) is 9.30. The summed E-state index contributed by atoms with van der Waals surface area (Å²) in [6, 6.07) is 7.94. The van der Waals surface area contributed by atoms with Crippen molar-refractivity contribution in [2.24, 2.45) is 0 Å². The minimum atomic E-state index is -0.130. The van der Waals surface area contributed by atoms with E-state index in [2.05, 4.69) is 9.97 Å². The van der Waals surface area contributed by atoms with Crippen molar-refractivity contribution in [2.75, 3.05) is 5.75 Å². The Hall–Kier alpha value is -1.62. The normalized spacial score (nSPS) is 18.5. The number of aromatic amines is 1. The molecule has 1 atom stereocenters. The highest BCUT2D eigenvalue weighted by atomic mass is 32.2. The number of ether oxygens (including phenoxy) is 1. The van der Waals surface area contributed by atoms with Crippen LogP contribution < -0.4 is 4.74 Å². The van der Waals surface area contributed by atoms with E-state index >= 15 is 0 Å². The molecule has 0 spiro atoms. The Balaban J connectivity index is 1.89. The fraction of sp³-hybridized carbons (Fsp3) is 0.250. The summed E-state index contributed by atoms with van der Waals surface area (Å²) in [6.07, 6.45) is -0.130. The lowest BCUT2D eigenvalue weighted by Gasteiger charge is -2.23. The number of aromatic hydroxyl groups is 1. The molecule has 0 fully saturated rings. The quantitative estimate of drug-likeness (QED) is 0.814. The molecule has 0 amide bonds. The SMILES string of the molecule is Cc1[nH]c(C2CSc3ccccc3O2)nc1O. The molecule has 2 aromatic rings. The van der Waals surface area contributed by atoms with E-state index in [0.29, 0.717) is 11.5 Å². The fourth-order valence-electron chi connectivity index (χ4n) is 1.78. The molecule has 0 bridgehead atoms. The highest BCUT2D eigenvalue weighted by Crippen LogP contribution is 2.39. The van der Waals surface area contributed by atoms with Crippen LogP contribution in [0, 0.1) is 6.92 Å². The Labute approximate surface area is 103 Å². The van der Waals surface area contributed by atoms with E-state index < -0.39 is 0 Å². The van der Waals surface area contributed by atoms with Gasteiger partial charge in [0.2, 0.25) is 5.88 Å². The molecule has 0 radical (unpaired) electrons. The number of hydrogen-bond donors (Lipinski definition) is 2. The van der Waals surface area contributed by atoms with Gasteiger partial charge in [-0.15, -0.1) is 11.8 Å². The van der Waals surface area contributed by atoms with Gasteiger partial charge >= 0.3 is 0 Å². The third-order valence-electron chi connectivity index (χ3n) is 2.69. The third-order valence-corrected chi connectivity index (χ3v) is 3.81. The number of H-pyrrole nitrogens is 1. The predicted molar refractivity (Wildman–Crippen MR) is 65.5 cm³/mol. The lowest BCUT2D eigenvalue weighted by atomic mass is 10.3. The molecule has 0 aliphatic carbocycles. The first kappa shape index (κ1) is 10.5. The van der Waals surface area contributed by atoms with Crippen LogP contribution in [0.4, 0.5) is 0 Å². The molecule has 4 nitrogen and oxygen atoms in total. The lowest BCUT2D eigenvalue weighted by molar-refractivity contribution is 0.210. The van der Waals surface area contributed by atoms with E-state index in [1.54, 1.807) is 18.7 Å². The monoisotopic (exact) mass is 248 g/mol. The molecule has 0 saturated carbocycles. The first-order chi connectivity index (χ1) is 8.24. The van der Waals surface area contributed by atoms with E-state index in [0.717, 1.165) is 16.4 Å². The molecular formula is C12H12N2O2S. The Bertz CT molecular complexity index is 534. The average Bonchev–Trinajstić information content (AvgIpc) is 2.69. The van der Waals surface area contributed by atoms with Crippen molar-refractivity contribution >= 4 is 11.8 Å². The molecule has 2 heterocycles. The van der Waals surface area contributed by atoms with Crippen LogP contribution in [0.1, 0.15) is 17.6 Å². The van der Waals surface area contributed by atoms with E-state index in [-0.39, 0.29) is 12.0 Å². The molecule has 17 heavy (non-hydrogen) atoms. The molecule has 0 saturated heterocycles. The van der Waals surface area contributed by atoms with Crippen molar-refractivity contribution in [1.29, 1.82) is 0 Å². The maximum atomic E-state index is 9.46. The van der Waals surface area contributed by atoms with E-state index in [1.807, 2.05) is 24.3 Å². The van der Waals surface area contributed by atoms with E-state index in [1.165, 1.54) is 0 Å². The first-order valence-electron chi connectivity index (χ1n) is 5.38. The van der Waals surface area contributed by atoms with Gasteiger partial charge < -0.3 is 14.8 Å². The van der Waals surface area contributed by atoms with Crippen LogP contribution in [0.25, 0.3) is 0 Å². The van der Waals surface area contributed by atoms with Crippen LogP contribution in [0.15, 0.2) is 29.2 Å². The molecule has 5 heteroatoms. The summed E-state index contributed by atoms with van der Waals surface area (Å²) >= 11 is 1.74. The van der Waals surface area contributed by atoms with Gasteiger partial charge in [-0.05, 0) is 19.1 Å². The maximum Gasteiger partial charge on any atom is 0.232 e. The van der Waals surface area contributed by atoms with Crippen LogP contribution >= 0.6 is 11.8 Å². The van der Waals surface area contributed by atoms with Gasteiger partial charge in [0.1, 0.15) is 5.75 Å². The summed E-state index contributed by atoms with van der Waals surface area (Å²) in [4.78, 5) is 8.26. The van der Waals surface area contributed by atoms with Crippen LogP contribution in [-0.2, 0) is 0 Å². The van der Waals surface area contributed by atoms with Crippen LogP contribution in [0.3, 0.4) is 0 Å². The number of nitrogens with one attached hydrogen (secondary N) is 1. The van der Waals surface area contributed by atoms with Crippen LogP contribution in [-0.4, -0.2) is 20.8 Å². The molecule has 88 valence electrons. The molecule has 1 aliphatic heterocycles. The summed E-state index contributed by atoms with van der Waals surface area (Å²) in [6.45, 7) is 1.79. The Morgan fingerprint density at radius 1 is 1.47 bits per heavy atom. The maximum absolute atomic E-state index is 9.46. The lowest BCUT2D eigenvalue weighted by Crippen LogP contribution is -2.16. The number of imidazole rings is 1. The van der Waals surface area contributed by atoms with E-state index in [4.69, 9.17) is 4.74 Å². The smallest absolute Gasteiger partial charge is 0.232 e. The van der Waals surface area contributed by atoms with Crippen LogP contribution in [0.2, 0.25) is 0 Å².